The number of fused-ring (bicyclic) bond motifs is 6. The maximum atomic E-state index is 3.71. The van der Waals surface area contributed by atoms with Gasteiger partial charge in [0.1, 0.15) is 0 Å². The van der Waals surface area contributed by atoms with Crippen LogP contribution in [0.15, 0.2) is 142 Å². The summed E-state index contributed by atoms with van der Waals surface area (Å²) >= 11 is 7.42. The van der Waals surface area contributed by atoms with Crippen LogP contribution in [0.3, 0.4) is 0 Å². The van der Waals surface area contributed by atoms with Crippen molar-refractivity contribution in [2.75, 3.05) is 0 Å². The van der Waals surface area contributed by atoms with E-state index in [1.54, 1.807) is 0 Å². The van der Waals surface area contributed by atoms with E-state index in [2.05, 4.69) is 170 Å². The van der Waals surface area contributed by atoms with Gasteiger partial charge in [-0.2, -0.15) is 0 Å². The molecule has 1 heterocycles. The molecule has 8 rings (SSSR count). The third-order valence-electron chi connectivity index (χ3n) is 8.78. The molecule has 0 spiro atoms. The highest BCUT2D eigenvalue weighted by molar-refractivity contribution is 9.10. The second kappa shape index (κ2) is 9.19. The van der Waals surface area contributed by atoms with E-state index in [1.807, 2.05) is 0 Å². The van der Waals surface area contributed by atoms with Gasteiger partial charge in [0.2, 0.25) is 0 Å². The summed E-state index contributed by atoms with van der Waals surface area (Å²) in [4.78, 5) is 0. The van der Waals surface area contributed by atoms with Crippen molar-refractivity contribution in [2.24, 2.45) is 5.92 Å². The molecule has 0 amide bonds. The molecular formula is C37H25Br2N. The summed E-state index contributed by atoms with van der Waals surface area (Å²) in [6.07, 6.45) is 10.2. The lowest BCUT2D eigenvalue weighted by atomic mass is 9.62. The van der Waals surface area contributed by atoms with Crippen molar-refractivity contribution in [3.05, 3.63) is 159 Å². The van der Waals surface area contributed by atoms with E-state index in [1.165, 1.54) is 55.3 Å². The fourth-order valence-corrected chi connectivity index (χ4v) is 7.93. The van der Waals surface area contributed by atoms with Gasteiger partial charge in [-0.3, -0.25) is 0 Å². The number of halogens is 2. The Kier molecular flexibility index (Phi) is 5.55. The lowest BCUT2D eigenvalue weighted by Gasteiger charge is -2.39. The zero-order chi connectivity index (χ0) is 26.8. The van der Waals surface area contributed by atoms with E-state index >= 15 is 0 Å². The number of hydrogen-bond acceptors (Lipinski definition) is 0. The Balaban J connectivity index is 1.47. The molecule has 0 saturated heterocycles. The van der Waals surface area contributed by atoms with E-state index in [-0.39, 0.29) is 5.41 Å². The summed E-state index contributed by atoms with van der Waals surface area (Å²) in [7, 11) is 0. The zero-order valence-electron chi connectivity index (χ0n) is 21.7. The molecule has 0 radical (unpaired) electrons. The van der Waals surface area contributed by atoms with Gasteiger partial charge in [0.25, 0.3) is 0 Å². The van der Waals surface area contributed by atoms with Crippen molar-refractivity contribution in [1.29, 1.82) is 0 Å². The van der Waals surface area contributed by atoms with Crippen LogP contribution in [0.1, 0.15) is 23.1 Å². The summed E-state index contributed by atoms with van der Waals surface area (Å²) < 4.78 is 4.60. The van der Waals surface area contributed by atoms with Crippen molar-refractivity contribution < 1.29 is 0 Å². The fraction of sp³-hybridized carbons (Fsp3) is 0.0811. The van der Waals surface area contributed by atoms with Gasteiger partial charge in [0, 0.05) is 25.4 Å². The quantitative estimate of drug-likeness (QED) is 0.181. The Morgan fingerprint density at radius 1 is 0.625 bits per heavy atom. The second-order valence-electron chi connectivity index (χ2n) is 10.8. The predicted octanol–water partition coefficient (Wildman–Crippen LogP) is 10.8. The van der Waals surface area contributed by atoms with Gasteiger partial charge in [0.05, 0.1) is 16.4 Å². The molecule has 1 nitrogen and oxygen atoms in total. The molecule has 0 fully saturated rings. The molecule has 6 aromatic rings. The Morgan fingerprint density at radius 3 is 2.00 bits per heavy atom. The first-order chi connectivity index (χ1) is 19.7. The normalized spacial score (nSPS) is 19.3. The Bertz CT molecular complexity index is 1950. The minimum Gasteiger partial charge on any atom is -0.309 e. The van der Waals surface area contributed by atoms with Gasteiger partial charge < -0.3 is 4.57 Å². The van der Waals surface area contributed by atoms with E-state index in [9.17, 15) is 0 Å². The number of aromatic nitrogens is 1. The largest absolute Gasteiger partial charge is 0.309 e. The molecule has 0 aliphatic heterocycles. The van der Waals surface area contributed by atoms with Crippen molar-refractivity contribution in [3.8, 4) is 16.8 Å². The first kappa shape index (κ1) is 24.2. The molecular weight excluding hydrogens is 618 g/mol. The average Bonchev–Trinajstić information content (AvgIpc) is 3.47. The third kappa shape index (κ3) is 3.38. The van der Waals surface area contributed by atoms with Crippen LogP contribution in [0.2, 0.25) is 0 Å². The molecule has 2 unspecified atom stereocenters. The van der Waals surface area contributed by atoms with Gasteiger partial charge in [-0.1, -0.05) is 117 Å². The Morgan fingerprint density at radius 2 is 1.30 bits per heavy atom. The molecule has 5 aromatic carbocycles. The average molecular weight is 643 g/mol. The maximum Gasteiger partial charge on any atom is 0.0541 e. The molecule has 3 heteroatoms. The third-order valence-corrected chi connectivity index (χ3v) is 9.77. The summed E-state index contributed by atoms with van der Waals surface area (Å²) in [6.45, 7) is 0. The lowest BCUT2D eigenvalue weighted by Crippen LogP contribution is -2.35. The highest BCUT2D eigenvalue weighted by Gasteiger charge is 2.49. The molecule has 2 atom stereocenters. The molecule has 40 heavy (non-hydrogen) atoms. The number of rotatable bonds is 3. The van der Waals surface area contributed by atoms with Crippen LogP contribution in [0.25, 0.3) is 38.6 Å². The summed E-state index contributed by atoms with van der Waals surface area (Å²) in [5.41, 5.74) is 10.1. The molecule has 0 bridgehead atoms. The highest BCUT2D eigenvalue weighted by Crippen LogP contribution is 2.58. The van der Waals surface area contributed by atoms with Crippen LogP contribution in [-0.4, -0.2) is 4.57 Å². The molecule has 192 valence electrons. The van der Waals surface area contributed by atoms with Crippen molar-refractivity contribution in [3.63, 3.8) is 0 Å². The number of hydrogen-bond donors (Lipinski definition) is 0. The number of allylic oxidation sites excluding steroid dienone is 4. The minimum atomic E-state index is -0.282. The van der Waals surface area contributed by atoms with Crippen LogP contribution < -0.4 is 0 Å². The van der Waals surface area contributed by atoms with Crippen LogP contribution in [0.5, 0.6) is 0 Å². The lowest BCUT2D eigenvalue weighted by molar-refractivity contribution is 0.457. The van der Waals surface area contributed by atoms with Gasteiger partial charge in [-0.05, 0) is 88.7 Å². The molecule has 2 aliphatic rings. The van der Waals surface area contributed by atoms with Gasteiger partial charge >= 0.3 is 0 Å². The predicted molar refractivity (Wildman–Crippen MR) is 174 cm³/mol. The maximum absolute atomic E-state index is 3.71. The fourth-order valence-electron chi connectivity index (χ4n) is 7.21. The summed E-state index contributed by atoms with van der Waals surface area (Å²) in [6, 6.07) is 40.5. The minimum absolute atomic E-state index is 0.282. The van der Waals surface area contributed by atoms with E-state index in [0.29, 0.717) is 5.92 Å². The van der Waals surface area contributed by atoms with Crippen molar-refractivity contribution in [1.82, 2.24) is 4.57 Å². The van der Waals surface area contributed by atoms with Crippen LogP contribution in [0.4, 0.5) is 0 Å². The Labute approximate surface area is 250 Å². The van der Waals surface area contributed by atoms with Gasteiger partial charge in [0.15, 0.2) is 0 Å². The van der Waals surface area contributed by atoms with Crippen molar-refractivity contribution in [2.45, 2.75) is 11.8 Å². The molecule has 0 N–H and O–H groups in total. The van der Waals surface area contributed by atoms with E-state index < -0.39 is 0 Å². The first-order valence-electron chi connectivity index (χ1n) is 13.7. The van der Waals surface area contributed by atoms with E-state index in [4.69, 9.17) is 0 Å². The Hall–Kier alpha value is -3.66. The summed E-state index contributed by atoms with van der Waals surface area (Å²) in [5.74, 6) is 0.308. The van der Waals surface area contributed by atoms with Gasteiger partial charge in [-0.25, -0.2) is 0 Å². The standard InChI is InChI=1S/C37H25Br2N/c38-26-15-19-35-31(21-26)32-22-27(39)16-20-36(32)40(35)28-17-18-30-29-13-7-8-14-33(29)37(34(30)23-28,24-9-3-1-4-10-24)25-11-5-2-6-12-25/h1-11,13-23,25H,12H2. The molecule has 0 saturated carbocycles. The second-order valence-corrected chi connectivity index (χ2v) is 12.6. The van der Waals surface area contributed by atoms with Crippen LogP contribution >= 0.6 is 31.9 Å². The van der Waals surface area contributed by atoms with Crippen LogP contribution in [-0.2, 0) is 5.41 Å². The summed E-state index contributed by atoms with van der Waals surface area (Å²) in [5, 5.41) is 2.48. The van der Waals surface area contributed by atoms with Crippen LogP contribution in [0, 0.1) is 5.92 Å². The zero-order valence-corrected chi connectivity index (χ0v) is 24.9. The monoisotopic (exact) mass is 641 g/mol. The van der Waals surface area contributed by atoms with E-state index in [0.717, 1.165) is 15.4 Å². The smallest absolute Gasteiger partial charge is 0.0541 e. The molecule has 2 aliphatic carbocycles. The topological polar surface area (TPSA) is 4.93 Å². The highest BCUT2D eigenvalue weighted by atomic mass is 79.9. The SMILES string of the molecule is Brc1ccc2c(c1)c1cc(Br)ccc1n2-c1ccc2c(c1)C(c1ccccc1)(C1C=CC=CC1)c1ccccc1-2. The number of nitrogens with zero attached hydrogens (tertiary/aromatic N) is 1. The van der Waals surface area contributed by atoms with Gasteiger partial charge in [-0.15, -0.1) is 0 Å². The molecule has 1 aromatic heterocycles. The first-order valence-corrected chi connectivity index (χ1v) is 15.3. The number of benzene rings is 5. The van der Waals surface area contributed by atoms with Crippen molar-refractivity contribution >= 4 is 53.7 Å².